The van der Waals surface area contributed by atoms with Crippen LogP contribution in [0.1, 0.15) is 18.2 Å². The van der Waals surface area contributed by atoms with Gasteiger partial charge in [0.05, 0.1) is 40.9 Å². The summed E-state index contributed by atoms with van der Waals surface area (Å²) < 4.78 is 11.7. The van der Waals surface area contributed by atoms with Crippen molar-refractivity contribution >= 4 is 22.6 Å². The predicted octanol–water partition coefficient (Wildman–Crippen LogP) is 2.98. The van der Waals surface area contributed by atoms with Gasteiger partial charge in [-0.2, -0.15) is 0 Å². The molecule has 0 spiro atoms. The minimum Gasteiger partial charge on any atom is -0.504 e. The molecule has 9 nitrogen and oxygen atoms in total. The van der Waals surface area contributed by atoms with Crippen molar-refractivity contribution in [2.24, 2.45) is 0 Å². The lowest BCUT2D eigenvalue weighted by molar-refractivity contribution is -0.383. The Labute approximate surface area is 159 Å². The quantitative estimate of drug-likeness (QED) is 0.299. The minimum absolute atomic E-state index is 0.105. The Kier molecular flexibility index (Phi) is 4.93. The molecule has 0 aliphatic rings. The van der Waals surface area contributed by atoms with Crippen LogP contribution in [0.3, 0.4) is 0 Å². The molecule has 0 aliphatic heterocycles. The molecule has 146 valence electrons. The van der Waals surface area contributed by atoms with Gasteiger partial charge in [-0.1, -0.05) is 0 Å². The van der Waals surface area contributed by atoms with Crippen LogP contribution in [0, 0.1) is 17.0 Å². The number of aliphatic hydroxyl groups excluding tert-OH is 1. The number of phenols is 1. The maximum Gasteiger partial charge on any atom is 0.308 e. The zero-order chi connectivity index (χ0) is 20.6. The summed E-state index contributed by atoms with van der Waals surface area (Å²) in [6.07, 6.45) is 0. The van der Waals surface area contributed by atoms with Crippen LogP contribution in [-0.4, -0.2) is 32.8 Å². The topological polar surface area (TPSA) is 124 Å². The fraction of sp³-hybridized carbons (Fsp3) is 0.211. The lowest BCUT2D eigenvalue weighted by Crippen LogP contribution is -2.06. The molecule has 28 heavy (non-hydrogen) atoms. The van der Waals surface area contributed by atoms with Gasteiger partial charge in [-0.15, -0.1) is 0 Å². The highest BCUT2D eigenvalue weighted by atomic mass is 16.6. The van der Waals surface area contributed by atoms with Crippen LogP contribution in [0.4, 0.5) is 5.69 Å². The number of aromatic nitrogens is 1. The van der Waals surface area contributed by atoms with E-state index in [1.807, 2.05) is 0 Å². The Morgan fingerprint density at radius 3 is 2.46 bits per heavy atom. The SMILES string of the molecule is COc1ccc(-n2c(C)c([N+](=O)[O-])c3ccc(OC(C)=O)c(CO)c32)cc1O. The van der Waals surface area contributed by atoms with E-state index >= 15 is 0 Å². The molecule has 0 aliphatic carbocycles. The van der Waals surface area contributed by atoms with E-state index in [2.05, 4.69) is 0 Å². The molecule has 0 fully saturated rings. The molecule has 2 aromatic carbocycles. The van der Waals surface area contributed by atoms with Crippen molar-refractivity contribution in [1.29, 1.82) is 0 Å². The second kappa shape index (κ2) is 7.20. The van der Waals surface area contributed by atoms with E-state index in [4.69, 9.17) is 9.47 Å². The van der Waals surface area contributed by atoms with Crippen LogP contribution < -0.4 is 9.47 Å². The Morgan fingerprint density at radius 1 is 1.25 bits per heavy atom. The van der Waals surface area contributed by atoms with Gasteiger partial charge in [-0.25, -0.2) is 0 Å². The summed E-state index contributed by atoms with van der Waals surface area (Å²) >= 11 is 0. The average Bonchev–Trinajstić information content (AvgIpc) is 2.93. The number of carbonyl (C=O) groups excluding carboxylic acids is 1. The third-order valence-electron chi connectivity index (χ3n) is 4.41. The predicted molar refractivity (Wildman–Crippen MR) is 100 cm³/mol. The monoisotopic (exact) mass is 386 g/mol. The van der Waals surface area contributed by atoms with Crippen LogP contribution in [0.25, 0.3) is 16.6 Å². The number of nitro groups is 1. The minimum atomic E-state index is -0.583. The average molecular weight is 386 g/mol. The standard InChI is InChI=1S/C19H18N2O7/c1-10-18(21(25)26)13-5-7-16(28-11(2)23)14(9-22)19(13)20(10)12-4-6-17(27-3)15(24)8-12/h4-8,22,24H,9H2,1-3H3. The molecular formula is C19H18N2O7. The first kappa shape index (κ1) is 19.2. The molecule has 0 amide bonds. The Balaban J connectivity index is 2.43. The number of fused-ring (bicyclic) bond motifs is 1. The molecule has 3 aromatic rings. The molecule has 0 radical (unpaired) electrons. The summed E-state index contributed by atoms with van der Waals surface area (Å²) in [5.41, 5.74) is 1.10. The summed E-state index contributed by atoms with van der Waals surface area (Å²) in [4.78, 5) is 22.6. The summed E-state index contributed by atoms with van der Waals surface area (Å²) in [5, 5.41) is 32.0. The number of ether oxygens (including phenoxy) is 2. The number of hydrogen-bond acceptors (Lipinski definition) is 7. The fourth-order valence-electron chi connectivity index (χ4n) is 3.31. The molecule has 0 bridgehead atoms. The Bertz CT molecular complexity index is 1100. The Hall–Kier alpha value is -3.59. The normalized spacial score (nSPS) is 10.9. The Morgan fingerprint density at radius 2 is 1.93 bits per heavy atom. The lowest BCUT2D eigenvalue weighted by atomic mass is 10.1. The second-order valence-corrected chi connectivity index (χ2v) is 6.07. The highest BCUT2D eigenvalue weighted by molar-refractivity contribution is 5.97. The van der Waals surface area contributed by atoms with Crippen molar-refractivity contribution in [3.8, 4) is 22.9 Å². The van der Waals surface area contributed by atoms with Crippen molar-refractivity contribution in [3.63, 3.8) is 0 Å². The van der Waals surface area contributed by atoms with Gasteiger partial charge in [-0.05, 0) is 31.2 Å². The number of methoxy groups -OCH3 is 1. The maximum atomic E-state index is 11.7. The van der Waals surface area contributed by atoms with E-state index in [1.165, 1.54) is 42.9 Å². The molecule has 9 heteroatoms. The number of rotatable bonds is 5. The maximum absolute atomic E-state index is 11.7. The number of phenolic OH excluding ortho intramolecular Hbond substituents is 1. The van der Waals surface area contributed by atoms with Gasteiger partial charge < -0.3 is 24.3 Å². The van der Waals surface area contributed by atoms with Crippen molar-refractivity contribution in [2.45, 2.75) is 20.5 Å². The first-order chi connectivity index (χ1) is 13.3. The molecular weight excluding hydrogens is 368 g/mol. The van der Waals surface area contributed by atoms with E-state index in [9.17, 15) is 25.1 Å². The molecule has 0 atom stereocenters. The van der Waals surface area contributed by atoms with Crippen molar-refractivity contribution in [1.82, 2.24) is 4.57 Å². The zero-order valence-corrected chi connectivity index (χ0v) is 15.4. The number of nitrogens with zero attached hydrogens (tertiary/aromatic N) is 2. The number of benzene rings is 2. The van der Waals surface area contributed by atoms with Crippen LogP contribution in [0.5, 0.6) is 17.2 Å². The molecule has 1 aromatic heterocycles. The molecule has 0 saturated heterocycles. The molecule has 0 saturated carbocycles. The van der Waals surface area contributed by atoms with E-state index in [0.717, 1.165) is 0 Å². The van der Waals surface area contributed by atoms with Gasteiger partial charge >= 0.3 is 5.97 Å². The first-order valence-corrected chi connectivity index (χ1v) is 8.28. The van der Waals surface area contributed by atoms with Gasteiger partial charge in [-0.3, -0.25) is 14.9 Å². The second-order valence-electron chi connectivity index (χ2n) is 6.07. The highest BCUT2D eigenvalue weighted by Gasteiger charge is 2.28. The molecule has 1 heterocycles. The van der Waals surface area contributed by atoms with Gasteiger partial charge in [0.15, 0.2) is 11.5 Å². The molecule has 0 unspecified atom stereocenters. The number of hydrogen-bond donors (Lipinski definition) is 2. The summed E-state index contributed by atoms with van der Waals surface area (Å²) in [7, 11) is 1.41. The van der Waals surface area contributed by atoms with Gasteiger partial charge in [0.25, 0.3) is 5.69 Å². The largest absolute Gasteiger partial charge is 0.504 e. The number of esters is 1. The molecule has 2 N–H and O–H groups in total. The number of aromatic hydroxyl groups is 1. The fourth-order valence-corrected chi connectivity index (χ4v) is 3.31. The van der Waals surface area contributed by atoms with Crippen LogP contribution in [0.2, 0.25) is 0 Å². The third-order valence-corrected chi connectivity index (χ3v) is 4.41. The third kappa shape index (κ3) is 3.01. The number of carbonyl (C=O) groups is 1. The van der Waals surface area contributed by atoms with Crippen LogP contribution >= 0.6 is 0 Å². The zero-order valence-electron chi connectivity index (χ0n) is 15.4. The smallest absolute Gasteiger partial charge is 0.308 e. The van der Waals surface area contributed by atoms with E-state index in [1.54, 1.807) is 13.0 Å². The van der Waals surface area contributed by atoms with Gasteiger partial charge in [0.1, 0.15) is 5.75 Å². The summed E-state index contributed by atoms with van der Waals surface area (Å²) in [6, 6.07) is 7.43. The molecule has 3 rings (SSSR count). The lowest BCUT2D eigenvalue weighted by Gasteiger charge is -2.14. The van der Waals surface area contributed by atoms with Crippen LogP contribution in [-0.2, 0) is 11.4 Å². The van der Waals surface area contributed by atoms with E-state index < -0.39 is 17.5 Å². The van der Waals surface area contributed by atoms with E-state index in [-0.39, 0.29) is 33.9 Å². The van der Waals surface area contributed by atoms with Gasteiger partial charge in [0, 0.05) is 18.6 Å². The highest BCUT2D eigenvalue weighted by Crippen LogP contribution is 2.41. The van der Waals surface area contributed by atoms with Gasteiger partial charge in [0.2, 0.25) is 0 Å². The van der Waals surface area contributed by atoms with E-state index in [0.29, 0.717) is 16.9 Å². The van der Waals surface area contributed by atoms with Crippen LogP contribution in [0.15, 0.2) is 30.3 Å². The van der Waals surface area contributed by atoms with Crippen molar-refractivity contribution < 1.29 is 29.4 Å². The summed E-state index contributed by atoms with van der Waals surface area (Å²) in [5.74, 6) is -0.379. The first-order valence-electron chi connectivity index (χ1n) is 8.28. The van der Waals surface area contributed by atoms with Crippen molar-refractivity contribution in [2.75, 3.05) is 7.11 Å². The summed E-state index contributed by atoms with van der Waals surface area (Å²) in [6.45, 7) is 2.27. The van der Waals surface area contributed by atoms with Crippen molar-refractivity contribution in [3.05, 3.63) is 51.7 Å². The number of aliphatic hydroxyl groups is 1.